The summed E-state index contributed by atoms with van der Waals surface area (Å²) in [6.45, 7) is 4.00. The normalized spacial score (nSPS) is 11.4. The van der Waals surface area contributed by atoms with Gasteiger partial charge >= 0.3 is 5.97 Å². The van der Waals surface area contributed by atoms with Crippen LogP contribution in [0.1, 0.15) is 31.1 Å². The zero-order valence-corrected chi connectivity index (χ0v) is 19.8. The number of rotatable bonds is 5. The van der Waals surface area contributed by atoms with Crippen LogP contribution in [0.5, 0.6) is 0 Å². The number of amides is 3. The van der Waals surface area contributed by atoms with Crippen molar-refractivity contribution in [1.82, 2.24) is 5.32 Å². The lowest BCUT2D eigenvalue weighted by Gasteiger charge is -2.20. The average Bonchev–Trinajstić information content (AvgIpc) is 2.47. The number of hydrogen-bond donors (Lipinski definition) is 4. The van der Waals surface area contributed by atoms with Gasteiger partial charge in [-0.3, -0.25) is 19.2 Å². The maximum absolute atomic E-state index is 12.6. The second-order valence-electron chi connectivity index (χ2n) is 4.96. The lowest BCUT2D eigenvalue weighted by Crippen LogP contribution is -2.39. The molecule has 0 aromatic heterocycles. The second-order valence-corrected chi connectivity index (χ2v) is 8.20. The molecule has 25 heavy (non-hydrogen) atoms. The summed E-state index contributed by atoms with van der Waals surface area (Å²) in [5, 5.41) is 16.7. The Morgan fingerprint density at radius 1 is 0.880 bits per heavy atom. The van der Waals surface area contributed by atoms with Crippen molar-refractivity contribution < 1.29 is 24.3 Å². The van der Waals surface area contributed by atoms with E-state index in [9.17, 15) is 19.2 Å². The Kier molecular flexibility index (Phi) is 8.30. The minimum atomic E-state index is -1.17. The van der Waals surface area contributed by atoms with Crippen molar-refractivity contribution in [3.63, 3.8) is 0 Å². The molecule has 136 valence electrons. The van der Waals surface area contributed by atoms with Crippen LogP contribution in [0, 0.1) is 10.7 Å². The average molecular weight is 685 g/mol. The third kappa shape index (κ3) is 5.63. The SMILES string of the molecule is CC(=O)Nc1c(I)c(NC(C)=O)c(I)c(C(=O)NC(C)C(=O)O)c1I. The van der Waals surface area contributed by atoms with Crippen LogP contribution >= 0.6 is 67.8 Å². The third-order valence-corrected chi connectivity index (χ3v) is 6.10. The number of carboxylic acids is 1. The number of carbonyl (C=O) groups is 4. The molecule has 0 aliphatic carbocycles. The van der Waals surface area contributed by atoms with E-state index in [4.69, 9.17) is 5.11 Å². The molecule has 11 heteroatoms. The van der Waals surface area contributed by atoms with Crippen LogP contribution in [0.25, 0.3) is 0 Å². The standard InChI is InChI=1S/C14H14I3N3O5/c1-4(14(24)25)18-13(23)7-8(15)11(19-5(2)21)10(17)12(9(7)16)20-6(3)22/h4H,1-3H3,(H,18,23)(H,19,21)(H,20,22)(H,24,25). The van der Waals surface area contributed by atoms with Gasteiger partial charge in [-0.05, 0) is 74.7 Å². The van der Waals surface area contributed by atoms with Gasteiger partial charge in [0.05, 0.1) is 27.6 Å². The van der Waals surface area contributed by atoms with Crippen molar-refractivity contribution in [2.24, 2.45) is 0 Å². The number of carbonyl (C=O) groups excluding carboxylic acids is 3. The largest absolute Gasteiger partial charge is 0.480 e. The van der Waals surface area contributed by atoms with Crippen molar-refractivity contribution in [3.05, 3.63) is 16.3 Å². The molecule has 1 aromatic carbocycles. The molecule has 3 amide bonds. The van der Waals surface area contributed by atoms with E-state index in [1.807, 2.05) is 67.8 Å². The van der Waals surface area contributed by atoms with Crippen LogP contribution in [-0.2, 0) is 14.4 Å². The highest BCUT2D eigenvalue weighted by atomic mass is 127. The predicted molar refractivity (Wildman–Crippen MR) is 118 cm³/mol. The molecule has 0 spiro atoms. The van der Waals surface area contributed by atoms with Crippen molar-refractivity contribution in [2.45, 2.75) is 26.8 Å². The van der Waals surface area contributed by atoms with Crippen molar-refractivity contribution in [3.8, 4) is 0 Å². The van der Waals surface area contributed by atoms with Gasteiger partial charge in [-0.15, -0.1) is 0 Å². The Morgan fingerprint density at radius 2 is 1.28 bits per heavy atom. The highest BCUT2D eigenvalue weighted by Crippen LogP contribution is 2.38. The van der Waals surface area contributed by atoms with Crippen LogP contribution in [0.3, 0.4) is 0 Å². The quantitative estimate of drug-likeness (QED) is 0.355. The van der Waals surface area contributed by atoms with E-state index in [-0.39, 0.29) is 17.4 Å². The Balaban J connectivity index is 3.59. The summed E-state index contributed by atoms with van der Waals surface area (Å²) in [4.78, 5) is 46.6. The maximum atomic E-state index is 12.6. The zero-order valence-electron chi connectivity index (χ0n) is 13.3. The summed E-state index contributed by atoms with van der Waals surface area (Å²) in [6.07, 6.45) is 0. The van der Waals surface area contributed by atoms with Crippen LogP contribution in [0.2, 0.25) is 0 Å². The Labute approximate surface area is 184 Å². The van der Waals surface area contributed by atoms with Crippen LogP contribution in [0.4, 0.5) is 11.4 Å². The fourth-order valence-corrected chi connectivity index (χ4v) is 5.96. The molecule has 8 nitrogen and oxygen atoms in total. The van der Waals surface area contributed by atoms with Gasteiger partial charge in [-0.2, -0.15) is 0 Å². The molecular weight excluding hydrogens is 671 g/mol. The number of anilines is 2. The zero-order chi connectivity index (χ0) is 19.5. The molecule has 0 fully saturated rings. The van der Waals surface area contributed by atoms with E-state index in [1.54, 1.807) is 0 Å². The summed E-state index contributed by atoms with van der Waals surface area (Å²) < 4.78 is 1.47. The molecule has 1 atom stereocenters. The summed E-state index contributed by atoms with van der Waals surface area (Å²) >= 11 is 5.79. The van der Waals surface area contributed by atoms with E-state index < -0.39 is 17.9 Å². The first-order chi connectivity index (χ1) is 11.5. The minimum absolute atomic E-state index is 0.183. The predicted octanol–water partition coefficient (Wildman–Crippen LogP) is 2.62. The molecule has 0 saturated heterocycles. The summed E-state index contributed by atoms with van der Waals surface area (Å²) in [6, 6.07) is -1.09. The first-order valence-corrected chi connectivity index (χ1v) is 10.00. The molecule has 1 rings (SSSR count). The minimum Gasteiger partial charge on any atom is -0.480 e. The molecular formula is C14H14I3N3O5. The first-order valence-electron chi connectivity index (χ1n) is 6.76. The number of carboxylic acid groups (broad SMARTS) is 1. The van der Waals surface area contributed by atoms with Crippen molar-refractivity contribution >= 4 is 103 Å². The van der Waals surface area contributed by atoms with Crippen molar-refractivity contribution in [2.75, 3.05) is 10.6 Å². The number of nitrogens with one attached hydrogen (secondary N) is 3. The number of hydrogen-bond acceptors (Lipinski definition) is 4. The molecule has 4 N–H and O–H groups in total. The van der Waals surface area contributed by atoms with E-state index in [0.717, 1.165) is 0 Å². The number of benzene rings is 1. The third-order valence-electron chi connectivity index (χ3n) is 2.86. The van der Waals surface area contributed by atoms with E-state index in [2.05, 4.69) is 16.0 Å². The molecule has 0 radical (unpaired) electrons. The van der Waals surface area contributed by atoms with Crippen molar-refractivity contribution in [1.29, 1.82) is 0 Å². The first kappa shape index (κ1) is 22.3. The number of halogens is 3. The van der Waals surface area contributed by atoms with Gasteiger partial charge in [0.25, 0.3) is 5.91 Å². The molecule has 0 aliphatic rings. The molecule has 1 unspecified atom stereocenters. The van der Waals surface area contributed by atoms with Gasteiger partial charge in [0.2, 0.25) is 11.8 Å². The Morgan fingerprint density at radius 3 is 1.60 bits per heavy atom. The highest BCUT2D eigenvalue weighted by Gasteiger charge is 2.27. The van der Waals surface area contributed by atoms with Gasteiger partial charge in [-0.25, -0.2) is 0 Å². The monoisotopic (exact) mass is 685 g/mol. The van der Waals surface area contributed by atoms with E-state index in [0.29, 0.717) is 22.1 Å². The van der Waals surface area contributed by atoms with Crippen LogP contribution in [-0.4, -0.2) is 34.8 Å². The summed E-state index contributed by atoms with van der Waals surface area (Å²) in [5.74, 6) is -2.46. The van der Waals surface area contributed by atoms with Crippen LogP contribution in [0.15, 0.2) is 0 Å². The maximum Gasteiger partial charge on any atom is 0.325 e. The Hall–Kier alpha value is -0.710. The molecule has 0 aliphatic heterocycles. The molecule has 0 bridgehead atoms. The highest BCUT2D eigenvalue weighted by molar-refractivity contribution is 14.1. The second kappa shape index (κ2) is 9.29. The molecule has 0 saturated carbocycles. The Bertz CT molecular complexity index is 724. The summed E-state index contributed by atoms with van der Waals surface area (Å²) in [5.41, 5.74) is 0.944. The molecule has 0 heterocycles. The fraction of sp³-hybridized carbons (Fsp3) is 0.286. The van der Waals surface area contributed by atoms with Gasteiger partial charge in [0, 0.05) is 13.8 Å². The van der Waals surface area contributed by atoms with Gasteiger partial charge in [0.1, 0.15) is 6.04 Å². The van der Waals surface area contributed by atoms with E-state index >= 15 is 0 Å². The summed E-state index contributed by atoms with van der Waals surface area (Å²) in [7, 11) is 0. The lowest BCUT2D eigenvalue weighted by molar-refractivity contribution is -0.138. The molecule has 1 aromatic rings. The topological polar surface area (TPSA) is 125 Å². The van der Waals surface area contributed by atoms with Gasteiger partial charge in [-0.1, -0.05) is 0 Å². The smallest absolute Gasteiger partial charge is 0.325 e. The lowest BCUT2D eigenvalue weighted by atomic mass is 10.1. The van der Waals surface area contributed by atoms with Crippen LogP contribution < -0.4 is 16.0 Å². The fourth-order valence-electron chi connectivity index (χ4n) is 1.77. The van der Waals surface area contributed by atoms with Gasteiger partial charge in [0.15, 0.2) is 0 Å². The van der Waals surface area contributed by atoms with E-state index in [1.165, 1.54) is 20.8 Å². The number of aliphatic carboxylic acids is 1. The van der Waals surface area contributed by atoms with Gasteiger partial charge < -0.3 is 21.1 Å².